The third-order valence-electron chi connectivity index (χ3n) is 4.88. The van der Waals surface area contributed by atoms with Gasteiger partial charge in [-0.25, -0.2) is 9.59 Å². The molecule has 0 aromatic rings. The van der Waals surface area contributed by atoms with Crippen LogP contribution in [0.1, 0.15) is 32.1 Å². The summed E-state index contributed by atoms with van der Waals surface area (Å²) < 4.78 is 0. The second-order valence-corrected chi connectivity index (χ2v) is 6.38. The molecule has 2 atom stereocenters. The fourth-order valence-electron chi connectivity index (χ4n) is 3.43. The van der Waals surface area contributed by atoms with Crippen molar-refractivity contribution in [3.05, 3.63) is 0 Å². The van der Waals surface area contributed by atoms with Crippen molar-refractivity contribution in [2.45, 2.75) is 49.8 Å². The number of carboxylic acids is 1. The first-order chi connectivity index (χ1) is 9.85. The number of hydrogen-bond acceptors (Lipinski definition) is 4. The van der Waals surface area contributed by atoms with Gasteiger partial charge in [0.25, 0.3) is 0 Å². The first kappa shape index (κ1) is 16.0. The Bertz CT molecular complexity index is 407. The molecule has 1 aliphatic carbocycles. The minimum absolute atomic E-state index is 0.0350. The monoisotopic (exact) mass is 299 g/mol. The average molecular weight is 299 g/mol. The summed E-state index contributed by atoms with van der Waals surface area (Å²) in [5, 5.41) is 21.6. The lowest BCUT2D eigenvalue weighted by atomic mass is 9.96. The van der Waals surface area contributed by atoms with Crippen molar-refractivity contribution in [1.82, 2.24) is 15.1 Å². The zero-order valence-corrected chi connectivity index (χ0v) is 12.7. The van der Waals surface area contributed by atoms with E-state index in [-0.39, 0.29) is 18.5 Å². The number of rotatable bonds is 4. The standard InChI is InChI=1S/C14H25N3O4/c1-16(2)14(5-3-4-6-14)9-15-13(21)17-8-10(18)7-11(17)12(19)20/h10-11,18H,3-9H2,1-2H3,(H,15,21)(H,19,20)/t10-,11-/m0/s1. The number of likely N-dealkylation sites (tertiary alicyclic amines) is 1. The Hall–Kier alpha value is -1.34. The average Bonchev–Trinajstić information content (AvgIpc) is 3.03. The van der Waals surface area contributed by atoms with Crippen molar-refractivity contribution < 1.29 is 19.8 Å². The molecule has 2 aliphatic rings. The van der Waals surface area contributed by atoms with Crippen LogP contribution in [-0.2, 0) is 4.79 Å². The highest BCUT2D eigenvalue weighted by molar-refractivity contribution is 5.83. The molecule has 3 N–H and O–H groups in total. The molecule has 0 bridgehead atoms. The molecule has 0 spiro atoms. The molecule has 7 nitrogen and oxygen atoms in total. The smallest absolute Gasteiger partial charge is 0.326 e. The molecule has 1 saturated heterocycles. The van der Waals surface area contributed by atoms with Gasteiger partial charge in [0.2, 0.25) is 0 Å². The van der Waals surface area contributed by atoms with Crippen LogP contribution in [0.2, 0.25) is 0 Å². The van der Waals surface area contributed by atoms with Crippen molar-refractivity contribution >= 4 is 12.0 Å². The van der Waals surface area contributed by atoms with Gasteiger partial charge >= 0.3 is 12.0 Å². The van der Waals surface area contributed by atoms with E-state index in [2.05, 4.69) is 10.2 Å². The van der Waals surface area contributed by atoms with Crippen molar-refractivity contribution in [2.24, 2.45) is 0 Å². The molecular formula is C14H25N3O4. The number of nitrogens with one attached hydrogen (secondary N) is 1. The van der Waals surface area contributed by atoms with Crippen molar-refractivity contribution in [3.8, 4) is 0 Å². The number of carbonyl (C=O) groups excluding carboxylic acids is 1. The van der Waals surface area contributed by atoms with Crippen molar-refractivity contribution in [2.75, 3.05) is 27.2 Å². The molecule has 0 radical (unpaired) electrons. The summed E-state index contributed by atoms with van der Waals surface area (Å²) in [5.41, 5.74) is -0.0350. The number of carbonyl (C=O) groups is 2. The lowest BCUT2D eigenvalue weighted by Crippen LogP contribution is -2.54. The molecule has 0 unspecified atom stereocenters. The molecule has 2 fully saturated rings. The number of aliphatic carboxylic acids is 1. The topological polar surface area (TPSA) is 93.1 Å². The van der Waals surface area contributed by atoms with Gasteiger partial charge < -0.3 is 25.3 Å². The van der Waals surface area contributed by atoms with Gasteiger partial charge in [0, 0.05) is 25.0 Å². The molecule has 1 aliphatic heterocycles. The lowest BCUT2D eigenvalue weighted by Gasteiger charge is -2.37. The van der Waals surface area contributed by atoms with E-state index >= 15 is 0 Å². The van der Waals surface area contributed by atoms with Crippen LogP contribution < -0.4 is 5.32 Å². The Morgan fingerprint density at radius 3 is 2.48 bits per heavy atom. The summed E-state index contributed by atoms with van der Waals surface area (Å²) in [6.45, 7) is 0.593. The Kier molecular flexibility index (Phi) is 4.73. The highest BCUT2D eigenvalue weighted by atomic mass is 16.4. The summed E-state index contributed by atoms with van der Waals surface area (Å²) in [6, 6.07) is -1.33. The van der Waals surface area contributed by atoms with Gasteiger partial charge in [-0.05, 0) is 26.9 Å². The predicted molar refractivity (Wildman–Crippen MR) is 77.0 cm³/mol. The fourth-order valence-corrected chi connectivity index (χ4v) is 3.43. The largest absolute Gasteiger partial charge is 0.480 e. The van der Waals surface area contributed by atoms with Gasteiger partial charge in [-0.1, -0.05) is 12.8 Å². The molecule has 120 valence electrons. The van der Waals surface area contributed by atoms with Crippen LogP contribution in [-0.4, -0.2) is 76.9 Å². The number of hydrogen-bond donors (Lipinski definition) is 3. The molecule has 1 saturated carbocycles. The van der Waals surface area contributed by atoms with E-state index in [1.807, 2.05) is 14.1 Å². The minimum Gasteiger partial charge on any atom is -0.480 e. The molecule has 0 aromatic heterocycles. The number of urea groups is 1. The third kappa shape index (κ3) is 3.29. The van der Waals surface area contributed by atoms with Gasteiger partial charge in [0.15, 0.2) is 0 Å². The predicted octanol–water partition coefficient (Wildman–Crippen LogP) is 0.0902. The van der Waals surface area contributed by atoms with Crippen LogP contribution in [0.15, 0.2) is 0 Å². The SMILES string of the molecule is CN(C)C1(CNC(=O)N2C[C@@H](O)C[C@H]2C(=O)O)CCCC1. The zero-order chi connectivity index (χ0) is 15.6. The normalized spacial score (nSPS) is 28.1. The highest BCUT2D eigenvalue weighted by Gasteiger charge is 2.41. The van der Waals surface area contributed by atoms with E-state index in [0.29, 0.717) is 6.54 Å². The summed E-state index contributed by atoms with van der Waals surface area (Å²) in [5.74, 6) is -1.06. The van der Waals surface area contributed by atoms with E-state index in [1.165, 1.54) is 4.90 Å². The maximum Gasteiger partial charge on any atom is 0.326 e. The minimum atomic E-state index is -1.06. The van der Waals surface area contributed by atoms with Crippen LogP contribution in [0.4, 0.5) is 4.79 Å². The van der Waals surface area contributed by atoms with Crippen LogP contribution in [0, 0.1) is 0 Å². The van der Waals surface area contributed by atoms with Crippen LogP contribution in [0.3, 0.4) is 0 Å². The molecule has 2 amide bonds. The highest BCUT2D eigenvalue weighted by Crippen LogP contribution is 2.33. The van der Waals surface area contributed by atoms with Crippen LogP contribution in [0.25, 0.3) is 0 Å². The first-order valence-corrected chi connectivity index (χ1v) is 7.48. The number of aliphatic hydroxyl groups excluding tert-OH is 1. The number of likely N-dealkylation sites (N-methyl/N-ethyl adjacent to an activating group) is 1. The second-order valence-electron chi connectivity index (χ2n) is 6.38. The van der Waals surface area contributed by atoms with Crippen LogP contribution in [0.5, 0.6) is 0 Å². The van der Waals surface area contributed by atoms with E-state index in [1.54, 1.807) is 0 Å². The molecule has 1 heterocycles. The number of aliphatic hydroxyl groups is 1. The molecule has 7 heteroatoms. The molecule has 21 heavy (non-hydrogen) atoms. The van der Waals surface area contributed by atoms with E-state index in [0.717, 1.165) is 25.7 Å². The van der Waals surface area contributed by atoms with E-state index in [4.69, 9.17) is 5.11 Å². The van der Waals surface area contributed by atoms with Crippen molar-refractivity contribution in [1.29, 1.82) is 0 Å². The Morgan fingerprint density at radius 1 is 1.33 bits per heavy atom. The Labute approximate surface area is 124 Å². The van der Waals surface area contributed by atoms with Gasteiger partial charge in [0.05, 0.1) is 6.10 Å². The molecule has 0 aromatic carbocycles. The lowest BCUT2D eigenvalue weighted by molar-refractivity contribution is -0.141. The number of amides is 2. The summed E-state index contributed by atoms with van der Waals surface area (Å²) in [6.07, 6.45) is 3.70. The maximum atomic E-state index is 12.2. The number of nitrogens with zero attached hydrogens (tertiary/aromatic N) is 2. The summed E-state index contributed by atoms with van der Waals surface area (Å²) in [4.78, 5) is 26.8. The van der Waals surface area contributed by atoms with Gasteiger partial charge in [0.1, 0.15) is 6.04 Å². The molecular weight excluding hydrogens is 274 g/mol. The van der Waals surface area contributed by atoms with E-state index < -0.39 is 24.1 Å². The number of carboxylic acid groups (broad SMARTS) is 1. The summed E-state index contributed by atoms with van der Waals surface area (Å²) >= 11 is 0. The van der Waals surface area contributed by atoms with E-state index in [9.17, 15) is 14.7 Å². The van der Waals surface area contributed by atoms with Crippen molar-refractivity contribution in [3.63, 3.8) is 0 Å². The quantitative estimate of drug-likeness (QED) is 0.684. The van der Waals surface area contributed by atoms with Gasteiger partial charge in [-0.2, -0.15) is 0 Å². The van der Waals surface area contributed by atoms with Gasteiger partial charge in [-0.15, -0.1) is 0 Å². The van der Waals surface area contributed by atoms with Gasteiger partial charge in [-0.3, -0.25) is 0 Å². The Balaban J connectivity index is 1.96. The Morgan fingerprint density at radius 2 is 1.95 bits per heavy atom. The number of β-amino-alcohol motifs (C(OH)–C–C–N with tert-alkyl or cyclic N) is 1. The fraction of sp³-hybridized carbons (Fsp3) is 0.857. The molecule has 2 rings (SSSR count). The van der Waals surface area contributed by atoms with Crippen LogP contribution >= 0.6 is 0 Å². The maximum absolute atomic E-state index is 12.2. The first-order valence-electron chi connectivity index (χ1n) is 7.48. The second kappa shape index (κ2) is 6.19. The zero-order valence-electron chi connectivity index (χ0n) is 12.7. The summed E-state index contributed by atoms with van der Waals surface area (Å²) in [7, 11) is 4.02. The third-order valence-corrected chi connectivity index (χ3v) is 4.88.